The Balaban J connectivity index is 1.56. The SMILES string of the molecule is O=C(CCc1ccccc1F)Nc1ccc(C2OC(=O)NC2=O)cc1. The molecule has 2 aromatic rings. The van der Waals surface area contributed by atoms with Gasteiger partial charge in [0.15, 0.2) is 0 Å². The molecule has 25 heavy (non-hydrogen) atoms. The van der Waals surface area contributed by atoms with Gasteiger partial charge < -0.3 is 10.1 Å². The molecule has 0 aromatic heterocycles. The van der Waals surface area contributed by atoms with Crippen molar-refractivity contribution in [3.8, 4) is 0 Å². The first-order valence-corrected chi connectivity index (χ1v) is 7.67. The molecule has 7 heteroatoms. The number of carbonyl (C=O) groups excluding carboxylic acids is 3. The second kappa shape index (κ2) is 7.12. The molecule has 0 spiro atoms. The molecule has 0 radical (unpaired) electrons. The molecular formula is C18H15FN2O4. The molecule has 128 valence electrons. The van der Waals surface area contributed by atoms with Crippen LogP contribution in [0.3, 0.4) is 0 Å². The lowest BCUT2D eigenvalue weighted by Crippen LogP contribution is -2.20. The lowest BCUT2D eigenvalue weighted by molar-refractivity contribution is -0.123. The molecule has 0 bridgehead atoms. The number of benzene rings is 2. The number of cyclic esters (lactones) is 1. The van der Waals surface area contributed by atoms with Gasteiger partial charge in [0.2, 0.25) is 12.0 Å². The largest absolute Gasteiger partial charge is 0.431 e. The third-order valence-electron chi connectivity index (χ3n) is 3.76. The van der Waals surface area contributed by atoms with Crippen molar-refractivity contribution in [1.82, 2.24) is 5.32 Å². The number of nitrogens with one attached hydrogen (secondary N) is 2. The van der Waals surface area contributed by atoms with Crippen molar-refractivity contribution in [3.05, 3.63) is 65.5 Å². The summed E-state index contributed by atoms with van der Waals surface area (Å²) < 4.78 is 18.4. The number of rotatable bonds is 5. The van der Waals surface area contributed by atoms with Crippen LogP contribution in [-0.4, -0.2) is 17.9 Å². The van der Waals surface area contributed by atoms with Gasteiger partial charge in [-0.25, -0.2) is 9.18 Å². The van der Waals surface area contributed by atoms with Crippen LogP contribution in [0.25, 0.3) is 0 Å². The number of anilines is 1. The van der Waals surface area contributed by atoms with Crippen molar-refractivity contribution in [2.24, 2.45) is 0 Å². The zero-order chi connectivity index (χ0) is 17.8. The Hall–Kier alpha value is -3.22. The fraction of sp³-hybridized carbons (Fsp3) is 0.167. The van der Waals surface area contributed by atoms with Gasteiger partial charge in [0, 0.05) is 17.7 Å². The van der Waals surface area contributed by atoms with Gasteiger partial charge in [-0.15, -0.1) is 0 Å². The molecule has 1 fully saturated rings. The fourth-order valence-electron chi connectivity index (χ4n) is 2.49. The van der Waals surface area contributed by atoms with Gasteiger partial charge in [-0.1, -0.05) is 30.3 Å². The molecule has 3 amide bonds. The number of ether oxygens (including phenoxy) is 1. The average molecular weight is 342 g/mol. The first kappa shape index (κ1) is 16.6. The molecule has 1 aliphatic rings. The number of alkyl carbamates (subject to hydrolysis) is 1. The highest BCUT2D eigenvalue weighted by Crippen LogP contribution is 2.23. The summed E-state index contributed by atoms with van der Waals surface area (Å²) >= 11 is 0. The van der Waals surface area contributed by atoms with Gasteiger partial charge in [0.25, 0.3) is 5.91 Å². The summed E-state index contributed by atoms with van der Waals surface area (Å²) in [5, 5.41) is 4.75. The van der Waals surface area contributed by atoms with E-state index in [9.17, 15) is 18.8 Å². The highest BCUT2D eigenvalue weighted by molar-refractivity contribution is 6.00. The Kier molecular flexibility index (Phi) is 4.74. The van der Waals surface area contributed by atoms with E-state index in [-0.39, 0.29) is 18.1 Å². The lowest BCUT2D eigenvalue weighted by atomic mass is 10.1. The molecule has 0 aliphatic carbocycles. The summed E-state index contributed by atoms with van der Waals surface area (Å²) in [7, 11) is 0. The molecular weight excluding hydrogens is 327 g/mol. The number of aryl methyl sites for hydroxylation is 1. The molecule has 1 atom stereocenters. The number of imide groups is 1. The van der Waals surface area contributed by atoms with Gasteiger partial charge in [0.1, 0.15) is 5.82 Å². The van der Waals surface area contributed by atoms with Crippen molar-refractivity contribution in [2.75, 3.05) is 5.32 Å². The highest BCUT2D eigenvalue weighted by Gasteiger charge is 2.33. The minimum atomic E-state index is -0.974. The van der Waals surface area contributed by atoms with Crippen LogP contribution in [-0.2, 0) is 20.7 Å². The Bertz CT molecular complexity index is 820. The number of halogens is 1. The summed E-state index contributed by atoms with van der Waals surface area (Å²) in [5.74, 6) is -1.10. The van der Waals surface area contributed by atoms with E-state index in [2.05, 4.69) is 5.32 Å². The lowest BCUT2D eigenvalue weighted by Gasteiger charge is -2.09. The fourth-order valence-corrected chi connectivity index (χ4v) is 2.49. The Morgan fingerprint density at radius 1 is 1.12 bits per heavy atom. The Morgan fingerprint density at radius 3 is 2.48 bits per heavy atom. The smallest absolute Gasteiger partial charge is 0.415 e. The Labute approximate surface area is 143 Å². The number of hydrogen-bond acceptors (Lipinski definition) is 4. The summed E-state index contributed by atoms with van der Waals surface area (Å²) in [4.78, 5) is 34.5. The second-order valence-corrected chi connectivity index (χ2v) is 5.54. The van der Waals surface area contributed by atoms with E-state index < -0.39 is 18.1 Å². The third-order valence-corrected chi connectivity index (χ3v) is 3.76. The first-order valence-electron chi connectivity index (χ1n) is 7.67. The minimum absolute atomic E-state index is 0.144. The molecule has 2 N–H and O–H groups in total. The van der Waals surface area contributed by atoms with Crippen LogP contribution in [0.15, 0.2) is 48.5 Å². The summed E-state index contributed by atoms with van der Waals surface area (Å²) in [6, 6.07) is 12.7. The van der Waals surface area contributed by atoms with Gasteiger partial charge in [-0.05, 0) is 30.2 Å². The second-order valence-electron chi connectivity index (χ2n) is 5.54. The van der Waals surface area contributed by atoms with Gasteiger partial charge in [-0.3, -0.25) is 14.9 Å². The van der Waals surface area contributed by atoms with Gasteiger partial charge in [0.05, 0.1) is 0 Å². The molecule has 0 saturated carbocycles. The molecule has 6 nitrogen and oxygen atoms in total. The van der Waals surface area contributed by atoms with Gasteiger partial charge in [-0.2, -0.15) is 0 Å². The monoisotopic (exact) mass is 342 g/mol. The van der Waals surface area contributed by atoms with E-state index in [4.69, 9.17) is 4.74 Å². The predicted octanol–water partition coefficient (Wildman–Crippen LogP) is 2.70. The van der Waals surface area contributed by atoms with E-state index in [1.165, 1.54) is 6.07 Å². The molecule has 1 aliphatic heterocycles. The molecule has 1 unspecified atom stereocenters. The van der Waals surface area contributed by atoms with Crippen LogP contribution in [0.1, 0.15) is 23.7 Å². The van der Waals surface area contributed by atoms with Crippen LogP contribution in [0.4, 0.5) is 14.9 Å². The zero-order valence-electron chi connectivity index (χ0n) is 13.1. The van der Waals surface area contributed by atoms with Crippen molar-refractivity contribution in [2.45, 2.75) is 18.9 Å². The highest BCUT2D eigenvalue weighted by atomic mass is 19.1. The standard InChI is InChI=1S/C18H15FN2O4/c19-14-4-2-1-3-11(14)7-10-15(22)20-13-8-5-12(6-9-13)16-17(23)21-18(24)25-16/h1-6,8-9,16H,7,10H2,(H,20,22)(H,21,23,24). The number of hydrogen-bond donors (Lipinski definition) is 2. The van der Waals surface area contributed by atoms with Crippen LogP contribution in [0.5, 0.6) is 0 Å². The van der Waals surface area contributed by atoms with E-state index >= 15 is 0 Å². The predicted molar refractivity (Wildman–Crippen MR) is 87.2 cm³/mol. The number of amides is 3. The van der Waals surface area contributed by atoms with E-state index in [1.54, 1.807) is 42.5 Å². The molecule has 1 heterocycles. The maximum Gasteiger partial charge on any atom is 0.415 e. The van der Waals surface area contributed by atoms with Crippen molar-refractivity contribution in [1.29, 1.82) is 0 Å². The maximum absolute atomic E-state index is 13.5. The molecule has 3 rings (SSSR count). The third kappa shape index (κ3) is 4.00. The summed E-state index contributed by atoms with van der Waals surface area (Å²) in [5.41, 5.74) is 1.53. The normalized spacial score (nSPS) is 16.3. The van der Waals surface area contributed by atoms with E-state index in [0.29, 0.717) is 23.2 Å². The van der Waals surface area contributed by atoms with E-state index in [0.717, 1.165) is 0 Å². The van der Waals surface area contributed by atoms with Crippen molar-refractivity contribution in [3.63, 3.8) is 0 Å². The first-order chi connectivity index (χ1) is 12.0. The number of carbonyl (C=O) groups is 3. The Morgan fingerprint density at radius 2 is 1.84 bits per heavy atom. The minimum Gasteiger partial charge on any atom is -0.431 e. The molecule has 2 aromatic carbocycles. The average Bonchev–Trinajstić information content (AvgIpc) is 2.93. The van der Waals surface area contributed by atoms with Crippen LogP contribution < -0.4 is 10.6 Å². The van der Waals surface area contributed by atoms with E-state index in [1.807, 2.05) is 5.32 Å². The molecule has 1 saturated heterocycles. The summed E-state index contributed by atoms with van der Waals surface area (Å²) in [6.07, 6.45) is -1.31. The summed E-state index contributed by atoms with van der Waals surface area (Å²) in [6.45, 7) is 0. The quantitative estimate of drug-likeness (QED) is 0.875. The topological polar surface area (TPSA) is 84.5 Å². The van der Waals surface area contributed by atoms with Crippen molar-refractivity contribution >= 4 is 23.6 Å². The van der Waals surface area contributed by atoms with Crippen LogP contribution in [0.2, 0.25) is 0 Å². The maximum atomic E-state index is 13.5. The van der Waals surface area contributed by atoms with Gasteiger partial charge >= 0.3 is 6.09 Å². The van der Waals surface area contributed by atoms with Crippen LogP contribution in [0, 0.1) is 5.82 Å². The van der Waals surface area contributed by atoms with Crippen LogP contribution >= 0.6 is 0 Å². The van der Waals surface area contributed by atoms with Crippen molar-refractivity contribution < 1.29 is 23.5 Å². The zero-order valence-corrected chi connectivity index (χ0v) is 13.1.